The maximum absolute atomic E-state index is 11.0. The first-order valence-corrected chi connectivity index (χ1v) is 5.41. The first-order valence-electron chi connectivity index (χ1n) is 5.41. The molecule has 1 aromatic carbocycles. The van der Waals surface area contributed by atoms with Gasteiger partial charge in [0.15, 0.2) is 5.58 Å². The molecule has 0 saturated heterocycles. The van der Waals surface area contributed by atoms with Crippen molar-refractivity contribution in [3.63, 3.8) is 0 Å². The molecule has 1 aromatic heterocycles. The highest BCUT2D eigenvalue weighted by molar-refractivity contribution is 5.73. The zero-order valence-corrected chi connectivity index (χ0v) is 9.40. The number of hydrogen-bond donors (Lipinski definition) is 2. The summed E-state index contributed by atoms with van der Waals surface area (Å²) in [4.78, 5) is 24.2. The summed E-state index contributed by atoms with van der Waals surface area (Å²) < 4.78 is 4.88. The monoisotopic (exact) mass is 235 g/mol. The molecule has 0 spiro atoms. The van der Waals surface area contributed by atoms with Crippen LogP contribution in [-0.2, 0) is 11.2 Å². The molecule has 0 aliphatic heterocycles. The molecule has 0 aliphatic carbocycles. The lowest BCUT2D eigenvalue weighted by atomic mass is 10.0. The highest BCUT2D eigenvalue weighted by atomic mass is 16.4. The summed E-state index contributed by atoms with van der Waals surface area (Å²) >= 11 is 0. The van der Waals surface area contributed by atoms with Gasteiger partial charge in [0.2, 0.25) is 0 Å². The van der Waals surface area contributed by atoms with Gasteiger partial charge in [0.25, 0.3) is 0 Å². The van der Waals surface area contributed by atoms with Crippen molar-refractivity contribution in [3.05, 3.63) is 34.3 Å². The maximum atomic E-state index is 11.0. The number of rotatable bonds is 4. The Bertz CT molecular complexity index is 596. The van der Waals surface area contributed by atoms with E-state index in [1.807, 2.05) is 12.1 Å². The zero-order chi connectivity index (χ0) is 12.4. The van der Waals surface area contributed by atoms with Gasteiger partial charge in [-0.15, -0.1) is 0 Å². The molecule has 17 heavy (non-hydrogen) atoms. The number of aromatic amines is 1. The van der Waals surface area contributed by atoms with Crippen LogP contribution in [-0.4, -0.2) is 16.1 Å². The lowest BCUT2D eigenvalue weighted by molar-refractivity contribution is -0.141. The molecule has 2 N–H and O–H groups in total. The minimum Gasteiger partial charge on any atom is -0.481 e. The maximum Gasteiger partial charge on any atom is 0.417 e. The first kappa shape index (κ1) is 11.4. The van der Waals surface area contributed by atoms with Crippen LogP contribution in [0.25, 0.3) is 11.1 Å². The van der Waals surface area contributed by atoms with E-state index in [-0.39, 0.29) is 5.92 Å². The third-order valence-corrected chi connectivity index (χ3v) is 2.77. The van der Waals surface area contributed by atoms with Gasteiger partial charge >= 0.3 is 11.7 Å². The van der Waals surface area contributed by atoms with E-state index in [9.17, 15) is 9.59 Å². The highest BCUT2D eigenvalue weighted by Gasteiger charge is 2.11. The van der Waals surface area contributed by atoms with E-state index in [0.717, 1.165) is 5.56 Å². The van der Waals surface area contributed by atoms with Crippen molar-refractivity contribution in [2.45, 2.75) is 19.8 Å². The molecular weight excluding hydrogens is 222 g/mol. The van der Waals surface area contributed by atoms with Gasteiger partial charge in [-0.1, -0.05) is 13.0 Å². The van der Waals surface area contributed by atoms with Crippen molar-refractivity contribution >= 4 is 17.1 Å². The van der Waals surface area contributed by atoms with Crippen molar-refractivity contribution in [2.75, 3.05) is 0 Å². The van der Waals surface area contributed by atoms with E-state index >= 15 is 0 Å². The molecule has 5 heteroatoms. The smallest absolute Gasteiger partial charge is 0.417 e. The Morgan fingerprint density at radius 1 is 1.53 bits per heavy atom. The van der Waals surface area contributed by atoms with Gasteiger partial charge in [0, 0.05) is 0 Å². The number of oxazole rings is 1. The number of nitrogens with one attached hydrogen (secondary N) is 1. The summed E-state index contributed by atoms with van der Waals surface area (Å²) in [6, 6.07) is 5.37. The molecule has 2 aromatic rings. The van der Waals surface area contributed by atoms with E-state index in [2.05, 4.69) is 4.98 Å². The first-order chi connectivity index (χ1) is 8.06. The molecule has 0 radical (unpaired) electrons. The molecular formula is C12H13NO4. The number of hydrogen-bond acceptors (Lipinski definition) is 3. The summed E-state index contributed by atoms with van der Waals surface area (Å²) in [5, 5.41) is 8.77. The van der Waals surface area contributed by atoms with Crippen LogP contribution in [0.4, 0.5) is 0 Å². The van der Waals surface area contributed by atoms with Crippen LogP contribution in [0.1, 0.15) is 18.9 Å². The predicted molar refractivity (Wildman–Crippen MR) is 62.0 cm³/mol. The fraction of sp³-hybridized carbons (Fsp3) is 0.333. The Morgan fingerprint density at radius 3 is 3.00 bits per heavy atom. The minimum atomic E-state index is -0.789. The molecule has 1 heterocycles. The molecule has 0 bridgehead atoms. The third-order valence-electron chi connectivity index (χ3n) is 2.77. The Hall–Kier alpha value is -2.04. The number of aryl methyl sites for hydroxylation is 1. The van der Waals surface area contributed by atoms with Gasteiger partial charge in [-0.05, 0) is 30.5 Å². The molecule has 0 saturated carbocycles. The van der Waals surface area contributed by atoms with Crippen LogP contribution in [0.15, 0.2) is 27.4 Å². The molecule has 0 aliphatic rings. The highest BCUT2D eigenvalue weighted by Crippen LogP contribution is 2.15. The Kier molecular flexibility index (Phi) is 2.99. The predicted octanol–water partition coefficient (Wildman–Crippen LogP) is 1.77. The molecule has 2 rings (SSSR count). The number of aliphatic carboxylic acids is 1. The van der Waals surface area contributed by atoms with Crippen molar-refractivity contribution in [2.24, 2.45) is 5.92 Å². The number of aromatic nitrogens is 1. The van der Waals surface area contributed by atoms with Crippen LogP contribution in [0, 0.1) is 5.92 Å². The topological polar surface area (TPSA) is 83.3 Å². The Balaban J connectivity index is 2.14. The van der Waals surface area contributed by atoms with Crippen molar-refractivity contribution in [1.82, 2.24) is 4.98 Å². The van der Waals surface area contributed by atoms with Gasteiger partial charge in [-0.3, -0.25) is 9.78 Å². The number of H-pyrrole nitrogens is 1. The SMILES string of the molecule is CC(CCc1ccc2oc(=O)[nH]c2c1)C(=O)O. The Labute approximate surface area is 97.1 Å². The van der Waals surface area contributed by atoms with E-state index in [1.54, 1.807) is 13.0 Å². The average Bonchev–Trinajstić information content (AvgIpc) is 2.64. The van der Waals surface area contributed by atoms with Crippen LogP contribution in [0.2, 0.25) is 0 Å². The van der Waals surface area contributed by atoms with E-state index in [1.165, 1.54) is 0 Å². The summed E-state index contributed by atoms with van der Waals surface area (Å²) in [5.41, 5.74) is 2.16. The molecule has 1 unspecified atom stereocenters. The number of fused-ring (bicyclic) bond motifs is 1. The molecule has 90 valence electrons. The van der Waals surface area contributed by atoms with E-state index in [0.29, 0.717) is 23.9 Å². The second-order valence-corrected chi connectivity index (χ2v) is 4.12. The lowest BCUT2D eigenvalue weighted by Gasteiger charge is -2.05. The van der Waals surface area contributed by atoms with Gasteiger partial charge < -0.3 is 9.52 Å². The van der Waals surface area contributed by atoms with Gasteiger partial charge in [-0.25, -0.2) is 4.79 Å². The zero-order valence-electron chi connectivity index (χ0n) is 9.40. The van der Waals surface area contributed by atoms with Gasteiger partial charge in [0.1, 0.15) is 0 Å². The molecule has 0 amide bonds. The second kappa shape index (κ2) is 4.45. The lowest BCUT2D eigenvalue weighted by Crippen LogP contribution is -2.10. The number of benzene rings is 1. The van der Waals surface area contributed by atoms with Crippen molar-refractivity contribution in [1.29, 1.82) is 0 Å². The summed E-state index contributed by atoms with van der Waals surface area (Å²) in [6.07, 6.45) is 1.24. The van der Waals surface area contributed by atoms with Crippen LogP contribution < -0.4 is 5.76 Å². The van der Waals surface area contributed by atoms with Gasteiger partial charge in [-0.2, -0.15) is 0 Å². The van der Waals surface area contributed by atoms with E-state index in [4.69, 9.17) is 9.52 Å². The normalized spacial score (nSPS) is 12.8. The van der Waals surface area contributed by atoms with E-state index < -0.39 is 11.7 Å². The average molecular weight is 235 g/mol. The summed E-state index contributed by atoms with van der Waals surface area (Å²) in [6.45, 7) is 1.68. The molecule has 1 atom stereocenters. The minimum absolute atomic E-state index is 0.367. The van der Waals surface area contributed by atoms with Crippen LogP contribution in [0.3, 0.4) is 0 Å². The van der Waals surface area contributed by atoms with Gasteiger partial charge in [0.05, 0.1) is 11.4 Å². The van der Waals surface area contributed by atoms with Crippen LogP contribution in [0.5, 0.6) is 0 Å². The molecule has 0 fully saturated rings. The fourth-order valence-corrected chi connectivity index (χ4v) is 1.66. The second-order valence-electron chi connectivity index (χ2n) is 4.12. The third kappa shape index (κ3) is 2.55. The fourth-order valence-electron chi connectivity index (χ4n) is 1.66. The summed E-state index contributed by atoms with van der Waals surface area (Å²) in [5.74, 6) is -1.63. The van der Waals surface area contributed by atoms with Crippen LogP contribution >= 0.6 is 0 Å². The van der Waals surface area contributed by atoms with Crippen molar-refractivity contribution in [3.8, 4) is 0 Å². The molecule has 5 nitrogen and oxygen atoms in total. The number of carbonyl (C=O) groups is 1. The largest absolute Gasteiger partial charge is 0.481 e. The number of carboxylic acids is 1. The standard InChI is InChI=1S/C12H13NO4/c1-7(11(14)15)2-3-8-4-5-10-9(6-8)13-12(16)17-10/h4-7H,2-3H2,1H3,(H,13,16)(H,14,15). The number of carboxylic acid groups (broad SMARTS) is 1. The Morgan fingerprint density at radius 2 is 2.29 bits per heavy atom. The quantitative estimate of drug-likeness (QED) is 0.846. The van der Waals surface area contributed by atoms with Crippen molar-refractivity contribution < 1.29 is 14.3 Å². The summed E-state index contributed by atoms with van der Waals surface area (Å²) in [7, 11) is 0.